The zero-order valence-corrected chi connectivity index (χ0v) is 11.2. The van der Waals surface area contributed by atoms with Gasteiger partial charge >= 0.3 is 0 Å². The highest BCUT2D eigenvalue weighted by Gasteiger charge is 2.40. The van der Waals surface area contributed by atoms with Crippen LogP contribution in [0.4, 0.5) is 0 Å². The lowest BCUT2D eigenvalue weighted by molar-refractivity contribution is -0.0774. The van der Waals surface area contributed by atoms with Crippen LogP contribution in [-0.4, -0.2) is 36.1 Å². The van der Waals surface area contributed by atoms with E-state index in [-0.39, 0.29) is 12.7 Å². The van der Waals surface area contributed by atoms with Crippen LogP contribution in [0, 0.1) is 5.92 Å². The molecular formula is C15H26O3. The number of hydrogen-bond donors (Lipinski definition) is 1. The van der Waals surface area contributed by atoms with Gasteiger partial charge in [-0.2, -0.15) is 0 Å². The summed E-state index contributed by atoms with van der Waals surface area (Å²) >= 11 is 0. The van der Waals surface area contributed by atoms with Crippen LogP contribution in [-0.2, 0) is 9.47 Å². The van der Waals surface area contributed by atoms with Crippen LogP contribution in [0.1, 0.15) is 57.8 Å². The van der Waals surface area contributed by atoms with Crippen LogP contribution in [0.5, 0.6) is 0 Å². The summed E-state index contributed by atoms with van der Waals surface area (Å²) in [6.45, 7) is 0.182. The van der Waals surface area contributed by atoms with E-state index in [1.165, 1.54) is 32.1 Å². The molecular weight excluding hydrogens is 228 g/mol. The molecule has 3 nitrogen and oxygen atoms in total. The van der Waals surface area contributed by atoms with E-state index in [1.54, 1.807) is 0 Å². The van der Waals surface area contributed by atoms with E-state index in [2.05, 4.69) is 0 Å². The van der Waals surface area contributed by atoms with E-state index < -0.39 is 0 Å². The summed E-state index contributed by atoms with van der Waals surface area (Å²) in [6.07, 6.45) is 12.5. The first kappa shape index (κ1) is 12.9. The largest absolute Gasteiger partial charge is 0.394 e. The molecule has 0 amide bonds. The summed E-state index contributed by atoms with van der Waals surface area (Å²) in [4.78, 5) is 0. The minimum absolute atomic E-state index is 0.0911. The molecule has 2 aliphatic carbocycles. The highest BCUT2D eigenvalue weighted by atomic mass is 16.5. The number of rotatable bonds is 3. The smallest absolute Gasteiger partial charge is 0.0813 e. The summed E-state index contributed by atoms with van der Waals surface area (Å²) in [7, 11) is 0. The SMILES string of the molecule is OCC1CC2CC(OC3CCCCC3)CCC2O1. The van der Waals surface area contributed by atoms with Gasteiger partial charge in [-0.3, -0.25) is 0 Å². The molecule has 4 atom stereocenters. The van der Waals surface area contributed by atoms with Gasteiger partial charge in [-0.1, -0.05) is 19.3 Å². The van der Waals surface area contributed by atoms with Crippen molar-refractivity contribution in [1.82, 2.24) is 0 Å². The summed E-state index contributed by atoms with van der Waals surface area (Å²) < 4.78 is 12.1. The second-order valence-corrected chi connectivity index (χ2v) is 6.31. The van der Waals surface area contributed by atoms with Gasteiger partial charge < -0.3 is 14.6 Å². The van der Waals surface area contributed by atoms with Crippen molar-refractivity contribution in [3.05, 3.63) is 0 Å². The van der Waals surface area contributed by atoms with Gasteiger partial charge in [0.15, 0.2) is 0 Å². The first-order valence-electron chi connectivity index (χ1n) is 7.77. The molecule has 104 valence electrons. The Morgan fingerprint density at radius 2 is 1.78 bits per heavy atom. The lowest BCUT2D eigenvalue weighted by Gasteiger charge is -2.34. The molecule has 3 aliphatic rings. The lowest BCUT2D eigenvalue weighted by Crippen LogP contribution is -2.33. The Kier molecular flexibility index (Phi) is 4.22. The van der Waals surface area contributed by atoms with Crippen LogP contribution in [0.2, 0.25) is 0 Å². The highest BCUT2D eigenvalue weighted by Crippen LogP contribution is 2.39. The maximum atomic E-state index is 9.18. The third-order valence-electron chi connectivity index (χ3n) is 4.94. The van der Waals surface area contributed by atoms with E-state index >= 15 is 0 Å². The third kappa shape index (κ3) is 2.89. The molecule has 2 saturated carbocycles. The predicted octanol–water partition coefficient (Wildman–Crippen LogP) is 2.65. The fourth-order valence-corrected chi connectivity index (χ4v) is 3.98. The minimum Gasteiger partial charge on any atom is -0.394 e. The number of aliphatic hydroxyl groups excluding tert-OH is 1. The fourth-order valence-electron chi connectivity index (χ4n) is 3.98. The van der Waals surface area contributed by atoms with Crippen molar-refractivity contribution in [2.24, 2.45) is 5.92 Å². The molecule has 4 unspecified atom stereocenters. The Morgan fingerprint density at radius 1 is 0.944 bits per heavy atom. The van der Waals surface area contributed by atoms with E-state index in [9.17, 15) is 5.11 Å². The molecule has 3 fully saturated rings. The van der Waals surface area contributed by atoms with Crippen molar-refractivity contribution < 1.29 is 14.6 Å². The van der Waals surface area contributed by atoms with Crippen molar-refractivity contribution in [1.29, 1.82) is 0 Å². The monoisotopic (exact) mass is 254 g/mol. The van der Waals surface area contributed by atoms with E-state index in [0.717, 1.165) is 25.7 Å². The maximum Gasteiger partial charge on any atom is 0.0813 e. The second kappa shape index (κ2) is 5.89. The van der Waals surface area contributed by atoms with Crippen LogP contribution >= 0.6 is 0 Å². The van der Waals surface area contributed by atoms with E-state index in [0.29, 0.717) is 24.2 Å². The van der Waals surface area contributed by atoms with Gasteiger partial charge in [0, 0.05) is 0 Å². The van der Waals surface area contributed by atoms with Crippen molar-refractivity contribution in [2.45, 2.75) is 82.2 Å². The van der Waals surface area contributed by atoms with Gasteiger partial charge in [-0.15, -0.1) is 0 Å². The molecule has 0 aromatic rings. The van der Waals surface area contributed by atoms with Gasteiger partial charge in [-0.25, -0.2) is 0 Å². The normalized spacial score (nSPS) is 41.8. The van der Waals surface area contributed by atoms with Crippen LogP contribution < -0.4 is 0 Å². The Balaban J connectivity index is 1.48. The first-order chi connectivity index (χ1) is 8.85. The Hall–Kier alpha value is -0.120. The van der Waals surface area contributed by atoms with Gasteiger partial charge in [-0.05, 0) is 44.4 Å². The number of aliphatic hydroxyl groups is 1. The molecule has 0 spiro atoms. The van der Waals surface area contributed by atoms with E-state index in [4.69, 9.17) is 9.47 Å². The molecule has 1 N–H and O–H groups in total. The van der Waals surface area contributed by atoms with E-state index in [1.807, 2.05) is 0 Å². The molecule has 0 aromatic carbocycles. The zero-order chi connectivity index (χ0) is 12.4. The van der Waals surface area contributed by atoms with Gasteiger partial charge in [0.25, 0.3) is 0 Å². The molecule has 18 heavy (non-hydrogen) atoms. The Labute approximate surface area is 110 Å². The average molecular weight is 254 g/mol. The van der Waals surface area contributed by atoms with Crippen LogP contribution in [0.3, 0.4) is 0 Å². The summed E-state index contributed by atoms with van der Waals surface area (Å²) in [5.41, 5.74) is 0. The third-order valence-corrected chi connectivity index (χ3v) is 4.94. The summed E-state index contributed by atoms with van der Waals surface area (Å²) in [6, 6.07) is 0. The van der Waals surface area contributed by atoms with Crippen LogP contribution in [0.15, 0.2) is 0 Å². The first-order valence-corrected chi connectivity index (χ1v) is 7.77. The second-order valence-electron chi connectivity index (χ2n) is 6.31. The molecule has 3 heteroatoms. The number of fused-ring (bicyclic) bond motifs is 1. The lowest BCUT2D eigenvalue weighted by atomic mass is 9.83. The van der Waals surface area contributed by atoms with Crippen molar-refractivity contribution >= 4 is 0 Å². The Morgan fingerprint density at radius 3 is 2.56 bits per heavy atom. The van der Waals surface area contributed by atoms with Gasteiger partial charge in [0.05, 0.1) is 31.0 Å². The van der Waals surface area contributed by atoms with Crippen molar-refractivity contribution in [2.75, 3.05) is 6.61 Å². The van der Waals surface area contributed by atoms with Gasteiger partial charge in [0.2, 0.25) is 0 Å². The minimum atomic E-state index is 0.0911. The molecule has 1 saturated heterocycles. The zero-order valence-electron chi connectivity index (χ0n) is 11.2. The van der Waals surface area contributed by atoms with Crippen molar-refractivity contribution in [3.8, 4) is 0 Å². The predicted molar refractivity (Wildman–Crippen MR) is 69.5 cm³/mol. The fraction of sp³-hybridized carbons (Fsp3) is 1.00. The maximum absolute atomic E-state index is 9.18. The molecule has 0 bridgehead atoms. The molecule has 0 aromatic heterocycles. The number of ether oxygens (including phenoxy) is 2. The summed E-state index contributed by atoms with van der Waals surface area (Å²) in [5, 5.41) is 9.18. The molecule has 3 rings (SSSR count). The van der Waals surface area contributed by atoms with Gasteiger partial charge in [0.1, 0.15) is 0 Å². The summed E-state index contributed by atoms with van der Waals surface area (Å²) in [5.74, 6) is 0.629. The van der Waals surface area contributed by atoms with Crippen molar-refractivity contribution in [3.63, 3.8) is 0 Å². The quantitative estimate of drug-likeness (QED) is 0.841. The topological polar surface area (TPSA) is 38.7 Å². The standard InChI is InChI=1S/C15H26O3/c16-10-14-9-11-8-13(6-7-15(11)18-14)17-12-4-2-1-3-5-12/h11-16H,1-10H2. The molecule has 1 aliphatic heterocycles. The Bertz CT molecular complexity index is 262. The molecule has 0 radical (unpaired) electrons. The molecule has 1 heterocycles. The average Bonchev–Trinajstić information content (AvgIpc) is 2.82. The number of hydrogen-bond acceptors (Lipinski definition) is 3. The highest BCUT2D eigenvalue weighted by molar-refractivity contribution is 4.89. The van der Waals surface area contributed by atoms with Crippen LogP contribution in [0.25, 0.3) is 0 Å².